The summed E-state index contributed by atoms with van der Waals surface area (Å²) in [6.45, 7) is 3.79. The molecule has 1 fully saturated rings. The molecule has 3 rings (SSSR count). The first-order valence-corrected chi connectivity index (χ1v) is 11.7. The largest absolute Gasteiger partial charge is 0.446 e. The van der Waals surface area contributed by atoms with Crippen molar-refractivity contribution in [1.82, 2.24) is 20.5 Å². The summed E-state index contributed by atoms with van der Waals surface area (Å²) >= 11 is 0. The Morgan fingerprint density at radius 2 is 2.07 bits per heavy atom. The number of anilines is 3. The Kier molecular flexibility index (Phi) is 6.49. The quantitative estimate of drug-likeness (QED) is 0.608. The number of alkyl carbamates (subject to hydrolysis) is 1. The molecule has 0 bridgehead atoms. The van der Waals surface area contributed by atoms with Crippen molar-refractivity contribution in [2.75, 3.05) is 22.9 Å². The third-order valence-corrected chi connectivity index (χ3v) is 6.17. The standard InChI is InChI=1S/C19H28N6O4S/c1-12(2)21-19(26)29-15-7-5-13(9-15)16-10-18(24-23-16)22-17-8-6-14(11-20-17)25(3)30(4,27)28/h6,8,10-13,15H,5,7,9H2,1-4H3,(H,21,26)(H2,20,22,23,24)/t13-,15+/m0/s1. The van der Waals surface area contributed by atoms with Crippen LogP contribution in [0.4, 0.5) is 22.1 Å². The summed E-state index contributed by atoms with van der Waals surface area (Å²) in [5.41, 5.74) is 1.45. The van der Waals surface area contributed by atoms with Crippen LogP contribution in [0.2, 0.25) is 0 Å². The monoisotopic (exact) mass is 436 g/mol. The van der Waals surface area contributed by atoms with Crippen molar-refractivity contribution >= 4 is 33.4 Å². The van der Waals surface area contributed by atoms with Gasteiger partial charge < -0.3 is 15.4 Å². The minimum Gasteiger partial charge on any atom is -0.446 e. The summed E-state index contributed by atoms with van der Waals surface area (Å²) in [4.78, 5) is 16.0. The van der Waals surface area contributed by atoms with Gasteiger partial charge >= 0.3 is 6.09 Å². The van der Waals surface area contributed by atoms with E-state index in [9.17, 15) is 13.2 Å². The molecule has 1 amide bonds. The number of amides is 1. The molecule has 3 N–H and O–H groups in total. The smallest absolute Gasteiger partial charge is 0.407 e. The minimum atomic E-state index is -3.33. The number of aromatic nitrogens is 3. The zero-order valence-corrected chi connectivity index (χ0v) is 18.4. The van der Waals surface area contributed by atoms with Gasteiger partial charge in [-0.1, -0.05) is 0 Å². The number of sulfonamides is 1. The van der Waals surface area contributed by atoms with Gasteiger partial charge in [-0.2, -0.15) is 5.10 Å². The second-order valence-corrected chi connectivity index (χ2v) is 9.82. The molecule has 2 aromatic rings. The van der Waals surface area contributed by atoms with E-state index in [1.807, 2.05) is 19.9 Å². The Bertz CT molecular complexity index is 973. The fourth-order valence-electron chi connectivity index (χ4n) is 3.33. The molecule has 11 heteroatoms. The van der Waals surface area contributed by atoms with E-state index in [1.54, 1.807) is 12.1 Å². The molecule has 0 aliphatic heterocycles. The summed E-state index contributed by atoms with van der Waals surface area (Å²) in [7, 11) is -1.86. The molecule has 10 nitrogen and oxygen atoms in total. The Labute approximate surface area is 176 Å². The highest BCUT2D eigenvalue weighted by Crippen LogP contribution is 2.36. The molecule has 0 saturated heterocycles. The number of nitrogens with zero attached hydrogens (tertiary/aromatic N) is 3. The molecular weight excluding hydrogens is 408 g/mol. The molecular formula is C19H28N6O4S. The number of H-pyrrole nitrogens is 1. The Morgan fingerprint density at radius 3 is 2.70 bits per heavy atom. The number of rotatable bonds is 7. The summed E-state index contributed by atoms with van der Waals surface area (Å²) < 4.78 is 29.8. The molecule has 164 valence electrons. The van der Waals surface area contributed by atoms with Crippen molar-refractivity contribution in [1.29, 1.82) is 0 Å². The zero-order chi connectivity index (χ0) is 21.9. The number of carbonyl (C=O) groups excluding carboxylic acids is 1. The number of hydrogen-bond donors (Lipinski definition) is 3. The van der Waals surface area contributed by atoms with Crippen LogP contribution in [0.15, 0.2) is 24.4 Å². The van der Waals surface area contributed by atoms with Crippen LogP contribution in [0.5, 0.6) is 0 Å². The van der Waals surface area contributed by atoms with Crippen molar-refractivity contribution in [3.8, 4) is 0 Å². The lowest BCUT2D eigenvalue weighted by atomic mass is 10.0. The number of nitrogens with one attached hydrogen (secondary N) is 3. The second-order valence-electron chi connectivity index (χ2n) is 7.80. The second kappa shape index (κ2) is 8.90. The Hall–Kier alpha value is -2.82. The fourth-order valence-corrected chi connectivity index (χ4v) is 3.82. The average Bonchev–Trinajstić information content (AvgIpc) is 3.29. The first kappa shape index (κ1) is 21.9. The van der Waals surface area contributed by atoms with Gasteiger partial charge in [-0.15, -0.1) is 0 Å². The van der Waals surface area contributed by atoms with Gasteiger partial charge in [0, 0.05) is 30.8 Å². The van der Waals surface area contributed by atoms with Crippen LogP contribution in [0.1, 0.15) is 44.7 Å². The normalized spacial score (nSPS) is 19.0. The average molecular weight is 437 g/mol. The molecule has 1 aliphatic carbocycles. The van der Waals surface area contributed by atoms with Crippen LogP contribution >= 0.6 is 0 Å². The topological polar surface area (TPSA) is 129 Å². The molecule has 0 radical (unpaired) electrons. The number of aromatic amines is 1. The van der Waals surface area contributed by atoms with E-state index in [4.69, 9.17) is 4.74 Å². The highest BCUT2D eigenvalue weighted by atomic mass is 32.2. The Balaban J connectivity index is 1.56. The van der Waals surface area contributed by atoms with E-state index in [0.717, 1.165) is 35.5 Å². The molecule has 0 spiro atoms. The molecule has 0 unspecified atom stereocenters. The molecule has 2 aromatic heterocycles. The van der Waals surface area contributed by atoms with Crippen LogP contribution in [0.3, 0.4) is 0 Å². The van der Waals surface area contributed by atoms with E-state index >= 15 is 0 Å². The van der Waals surface area contributed by atoms with Crippen molar-refractivity contribution in [2.45, 2.75) is 51.2 Å². The minimum absolute atomic E-state index is 0.0467. The van der Waals surface area contributed by atoms with Gasteiger partial charge in [-0.3, -0.25) is 9.40 Å². The highest BCUT2D eigenvalue weighted by molar-refractivity contribution is 7.92. The lowest BCUT2D eigenvalue weighted by Crippen LogP contribution is -2.33. The summed E-state index contributed by atoms with van der Waals surface area (Å²) in [6.07, 6.45) is 4.62. The van der Waals surface area contributed by atoms with Gasteiger partial charge in [0.15, 0.2) is 5.82 Å². The summed E-state index contributed by atoms with van der Waals surface area (Å²) in [5, 5.41) is 13.2. The van der Waals surface area contributed by atoms with Crippen molar-refractivity contribution in [3.05, 3.63) is 30.1 Å². The first-order chi connectivity index (χ1) is 14.1. The van der Waals surface area contributed by atoms with Gasteiger partial charge in [0.1, 0.15) is 11.9 Å². The first-order valence-electron chi connectivity index (χ1n) is 9.81. The zero-order valence-electron chi connectivity index (χ0n) is 17.5. The van der Waals surface area contributed by atoms with E-state index in [-0.39, 0.29) is 24.2 Å². The number of hydrogen-bond acceptors (Lipinski definition) is 7. The van der Waals surface area contributed by atoms with E-state index in [2.05, 4.69) is 25.8 Å². The molecule has 2 atom stereocenters. The molecule has 1 saturated carbocycles. The van der Waals surface area contributed by atoms with E-state index in [1.165, 1.54) is 13.2 Å². The molecule has 1 aliphatic rings. The predicted octanol–water partition coefficient (Wildman–Crippen LogP) is 2.71. The van der Waals surface area contributed by atoms with Gasteiger partial charge in [0.05, 0.1) is 18.1 Å². The maximum absolute atomic E-state index is 11.8. The SMILES string of the molecule is CC(C)NC(=O)O[C@@H]1CC[C@H](c2cc(Nc3ccc(N(C)S(C)(=O)=O)cn3)n[nH]2)C1. The van der Waals surface area contributed by atoms with Crippen LogP contribution in [0.25, 0.3) is 0 Å². The van der Waals surface area contributed by atoms with Crippen LogP contribution in [-0.4, -0.2) is 55.1 Å². The molecule has 2 heterocycles. The van der Waals surface area contributed by atoms with Gasteiger partial charge in [0.25, 0.3) is 0 Å². The maximum atomic E-state index is 11.8. The van der Waals surface area contributed by atoms with Crippen LogP contribution in [0, 0.1) is 0 Å². The molecule has 30 heavy (non-hydrogen) atoms. The third kappa shape index (κ3) is 5.62. The lowest BCUT2D eigenvalue weighted by molar-refractivity contribution is 0.0981. The molecule has 0 aromatic carbocycles. The summed E-state index contributed by atoms with van der Waals surface area (Å²) in [5.74, 6) is 1.41. The summed E-state index contributed by atoms with van der Waals surface area (Å²) in [6, 6.07) is 5.33. The van der Waals surface area contributed by atoms with Gasteiger partial charge in [-0.05, 0) is 45.2 Å². The van der Waals surface area contributed by atoms with Crippen molar-refractivity contribution < 1.29 is 17.9 Å². The number of carbonyl (C=O) groups is 1. The van der Waals surface area contributed by atoms with E-state index < -0.39 is 10.0 Å². The predicted molar refractivity (Wildman–Crippen MR) is 114 cm³/mol. The lowest BCUT2D eigenvalue weighted by Gasteiger charge is -2.16. The van der Waals surface area contributed by atoms with Crippen LogP contribution in [-0.2, 0) is 14.8 Å². The Morgan fingerprint density at radius 1 is 1.30 bits per heavy atom. The van der Waals surface area contributed by atoms with Crippen molar-refractivity contribution in [2.24, 2.45) is 0 Å². The van der Waals surface area contributed by atoms with Crippen LogP contribution < -0.4 is 14.9 Å². The van der Waals surface area contributed by atoms with Gasteiger partial charge in [0.2, 0.25) is 10.0 Å². The van der Waals surface area contributed by atoms with Gasteiger partial charge in [-0.25, -0.2) is 18.2 Å². The third-order valence-electron chi connectivity index (χ3n) is 4.97. The van der Waals surface area contributed by atoms with E-state index in [0.29, 0.717) is 17.3 Å². The number of pyridine rings is 1. The maximum Gasteiger partial charge on any atom is 0.407 e. The fraction of sp³-hybridized carbons (Fsp3) is 0.526. The highest BCUT2D eigenvalue weighted by Gasteiger charge is 2.30. The number of ether oxygens (including phenoxy) is 1. The van der Waals surface area contributed by atoms with Crippen molar-refractivity contribution in [3.63, 3.8) is 0 Å².